The normalized spacial score (nSPS) is 12.4. The van der Waals surface area contributed by atoms with Gasteiger partial charge in [-0.25, -0.2) is 44.1 Å². The molecule has 2 atom stereocenters. The first-order chi connectivity index (χ1) is 28.6. The monoisotopic (exact) mass is 866 g/mol. The standard InChI is InChI=1S/C20H19F3N6O.C13H10F3N3O2.C7H11N3.CH4/c1-12-6-15(8-16(7-12)20(21,22)23)19-26-11-29(28-19)5-4-17(30)27-14(3)18-24-9-13(2)10-25-18;1-8-4-9(6-10(5-8)13(14,15)16)12-17-7-19(18-12)3-2-11(20)21;1-5-3-9-7(6(2)8)10-4-5;/h4-11,14H,1-3H3,(H,27,30);2-7H,1H3,(H,20,21);3-4,6H,8H2,1-2H3;1H4/b5-4-;3-2-;;. The largest absolute Gasteiger partial charge is 0.478 e. The molecule has 0 aliphatic heterocycles. The van der Waals surface area contributed by atoms with Gasteiger partial charge in [0.05, 0.1) is 23.2 Å². The Morgan fingerprint density at radius 3 is 1.44 bits per heavy atom. The van der Waals surface area contributed by atoms with Crippen LogP contribution in [-0.2, 0) is 21.9 Å². The van der Waals surface area contributed by atoms with E-state index in [4.69, 9.17) is 10.8 Å². The molecule has 62 heavy (non-hydrogen) atoms. The number of nitrogens with two attached hydrogens (primary N) is 1. The lowest BCUT2D eigenvalue weighted by molar-refractivity contribution is -0.138. The van der Waals surface area contributed by atoms with Crippen molar-refractivity contribution in [2.75, 3.05) is 0 Å². The number of amides is 1. The summed E-state index contributed by atoms with van der Waals surface area (Å²) in [5.41, 5.74) is 7.28. The molecule has 15 nitrogen and oxygen atoms in total. The van der Waals surface area contributed by atoms with Gasteiger partial charge in [0.25, 0.3) is 0 Å². The fourth-order valence-electron chi connectivity index (χ4n) is 4.98. The van der Waals surface area contributed by atoms with Crippen LogP contribution in [0.5, 0.6) is 0 Å². The van der Waals surface area contributed by atoms with Crippen LogP contribution in [0, 0.1) is 27.7 Å². The number of nitrogens with one attached hydrogen (secondary N) is 1. The van der Waals surface area contributed by atoms with Crippen LogP contribution < -0.4 is 11.1 Å². The van der Waals surface area contributed by atoms with Crippen molar-refractivity contribution in [3.05, 3.63) is 131 Å². The van der Waals surface area contributed by atoms with E-state index in [0.29, 0.717) is 22.8 Å². The molecule has 328 valence electrons. The maximum atomic E-state index is 13.0. The van der Waals surface area contributed by atoms with E-state index < -0.39 is 41.4 Å². The van der Waals surface area contributed by atoms with Gasteiger partial charge in [-0.2, -0.15) is 26.3 Å². The van der Waals surface area contributed by atoms with Gasteiger partial charge in [0.15, 0.2) is 11.6 Å². The molecule has 0 spiro atoms. The minimum absolute atomic E-state index is 0. The van der Waals surface area contributed by atoms with Crippen molar-refractivity contribution in [3.63, 3.8) is 0 Å². The predicted octanol–water partition coefficient (Wildman–Crippen LogP) is 7.99. The molecule has 4 heterocycles. The minimum Gasteiger partial charge on any atom is -0.478 e. The Morgan fingerprint density at radius 2 is 1.05 bits per heavy atom. The average molecular weight is 867 g/mol. The number of nitrogens with zero attached hydrogens (tertiary/aromatic N) is 10. The molecule has 2 aromatic carbocycles. The van der Waals surface area contributed by atoms with Crippen molar-refractivity contribution < 1.29 is 41.0 Å². The van der Waals surface area contributed by atoms with Gasteiger partial charge in [-0.05, 0) is 100 Å². The number of hydrogen-bond acceptors (Lipinski definition) is 11. The molecular formula is C41H44F6N12O3. The summed E-state index contributed by atoms with van der Waals surface area (Å²) in [6, 6.07) is 6.65. The van der Waals surface area contributed by atoms with E-state index in [1.165, 1.54) is 35.7 Å². The second kappa shape index (κ2) is 21.4. The number of carboxylic acid groups (broad SMARTS) is 1. The van der Waals surface area contributed by atoms with Gasteiger partial charge in [-0.1, -0.05) is 7.43 Å². The molecule has 4 aromatic heterocycles. The molecule has 0 saturated heterocycles. The number of benzene rings is 2. The lowest BCUT2D eigenvalue weighted by atomic mass is 10.1. The number of rotatable bonds is 9. The predicted molar refractivity (Wildman–Crippen MR) is 218 cm³/mol. The van der Waals surface area contributed by atoms with Crippen molar-refractivity contribution in [1.82, 2.24) is 54.8 Å². The summed E-state index contributed by atoms with van der Waals surface area (Å²) in [5, 5.41) is 19.2. The highest BCUT2D eigenvalue weighted by molar-refractivity contribution is 5.90. The number of aryl methyl sites for hydroxylation is 4. The zero-order valence-electron chi connectivity index (χ0n) is 33.5. The van der Waals surface area contributed by atoms with E-state index >= 15 is 0 Å². The number of hydrogen-bond donors (Lipinski definition) is 3. The third-order valence-electron chi connectivity index (χ3n) is 7.85. The van der Waals surface area contributed by atoms with E-state index in [-0.39, 0.29) is 36.2 Å². The Bertz CT molecular complexity index is 2480. The van der Waals surface area contributed by atoms with E-state index in [1.807, 2.05) is 20.8 Å². The van der Waals surface area contributed by atoms with Gasteiger partial charge in [-0.15, -0.1) is 10.2 Å². The molecule has 4 N–H and O–H groups in total. The molecule has 6 aromatic rings. The van der Waals surface area contributed by atoms with E-state index in [1.54, 1.807) is 51.6 Å². The van der Waals surface area contributed by atoms with Crippen LogP contribution >= 0.6 is 0 Å². The SMILES string of the molecule is C.Cc1cc(-c2ncn(/C=C\C(=O)O)n2)cc(C(F)(F)F)c1.Cc1cnc(C(C)N)nc1.Cc1cnc(C(C)NC(=O)/C=C\n2cnc(-c3cc(C)cc(C(F)(F)F)c3)n2)nc1. The van der Waals surface area contributed by atoms with E-state index in [0.717, 1.165) is 52.4 Å². The second-order valence-electron chi connectivity index (χ2n) is 13.5. The van der Waals surface area contributed by atoms with Crippen LogP contribution in [0.15, 0.2) is 86.0 Å². The Morgan fingerprint density at radius 1 is 0.645 bits per heavy atom. The summed E-state index contributed by atoms with van der Waals surface area (Å²) in [4.78, 5) is 46.8. The molecule has 2 unspecified atom stereocenters. The lowest BCUT2D eigenvalue weighted by Crippen LogP contribution is -2.26. The summed E-state index contributed by atoms with van der Waals surface area (Å²) in [7, 11) is 0. The number of carboxylic acids is 1. The van der Waals surface area contributed by atoms with Gasteiger partial charge in [0.1, 0.15) is 24.3 Å². The number of alkyl halides is 6. The van der Waals surface area contributed by atoms with Crippen LogP contribution in [0.2, 0.25) is 0 Å². The molecule has 0 radical (unpaired) electrons. The average Bonchev–Trinajstić information content (AvgIpc) is 3.87. The van der Waals surface area contributed by atoms with Gasteiger partial charge < -0.3 is 16.2 Å². The van der Waals surface area contributed by atoms with Crippen LogP contribution in [0.25, 0.3) is 35.2 Å². The molecule has 0 aliphatic carbocycles. The number of carbonyl (C=O) groups excluding carboxylic acids is 1. The third kappa shape index (κ3) is 15.1. The molecule has 0 aliphatic rings. The molecule has 6 rings (SSSR count). The number of halogens is 6. The maximum Gasteiger partial charge on any atom is 0.416 e. The maximum absolute atomic E-state index is 13.0. The first kappa shape index (κ1) is 49.2. The number of aromatic nitrogens is 10. The van der Waals surface area contributed by atoms with Crippen molar-refractivity contribution in [2.24, 2.45) is 5.73 Å². The smallest absolute Gasteiger partial charge is 0.416 e. The van der Waals surface area contributed by atoms with Crippen LogP contribution in [0.4, 0.5) is 26.3 Å². The molecular weight excluding hydrogens is 823 g/mol. The minimum atomic E-state index is -4.46. The molecule has 0 fully saturated rings. The summed E-state index contributed by atoms with van der Waals surface area (Å²) >= 11 is 0. The van der Waals surface area contributed by atoms with Gasteiger partial charge in [-0.3, -0.25) is 4.79 Å². The van der Waals surface area contributed by atoms with Crippen LogP contribution in [0.1, 0.15) is 78.4 Å². The number of aliphatic carboxylic acids is 1. The Labute approximate surface area is 352 Å². The quantitative estimate of drug-likeness (QED) is 0.0935. The van der Waals surface area contributed by atoms with Crippen LogP contribution in [0.3, 0.4) is 0 Å². The zero-order chi connectivity index (χ0) is 45.1. The zero-order valence-corrected chi connectivity index (χ0v) is 33.5. The second-order valence-corrected chi connectivity index (χ2v) is 13.5. The first-order valence-corrected chi connectivity index (χ1v) is 18.0. The topological polar surface area (TPSA) is 205 Å². The van der Waals surface area contributed by atoms with E-state index in [2.05, 4.69) is 45.4 Å². The van der Waals surface area contributed by atoms with Crippen molar-refractivity contribution in [3.8, 4) is 22.8 Å². The fourth-order valence-corrected chi connectivity index (χ4v) is 4.98. The van der Waals surface area contributed by atoms with E-state index in [9.17, 15) is 35.9 Å². The molecule has 1 amide bonds. The van der Waals surface area contributed by atoms with Crippen molar-refractivity contribution >= 4 is 24.3 Å². The van der Waals surface area contributed by atoms with Gasteiger partial charge in [0.2, 0.25) is 5.91 Å². The van der Waals surface area contributed by atoms with Gasteiger partial charge in [0, 0.05) is 60.5 Å². The lowest BCUT2D eigenvalue weighted by Gasteiger charge is -2.10. The highest BCUT2D eigenvalue weighted by Gasteiger charge is 2.32. The third-order valence-corrected chi connectivity index (χ3v) is 7.85. The van der Waals surface area contributed by atoms with Crippen molar-refractivity contribution in [2.45, 2.75) is 73.4 Å². The highest BCUT2D eigenvalue weighted by atomic mass is 19.4. The number of carbonyl (C=O) groups is 2. The Balaban J connectivity index is 0.000000277. The van der Waals surface area contributed by atoms with Gasteiger partial charge >= 0.3 is 18.3 Å². The first-order valence-electron chi connectivity index (χ1n) is 18.0. The van der Waals surface area contributed by atoms with Crippen molar-refractivity contribution in [1.29, 1.82) is 0 Å². The summed E-state index contributed by atoms with van der Waals surface area (Å²) < 4.78 is 79.7. The highest BCUT2D eigenvalue weighted by Crippen LogP contribution is 2.33. The summed E-state index contributed by atoms with van der Waals surface area (Å²) in [6.45, 7) is 10.5. The molecule has 0 bridgehead atoms. The summed E-state index contributed by atoms with van der Waals surface area (Å²) in [5.74, 6) is -0.188. The fraction of sp³-hybridized carbons (Fsp3) is 0.268. The summed E-state index contributed by atoms with van der Waals surface area (Å²) in [6.07, 6.45) is 5.04. The molecule has 0 saturated carbocycles. The molecule has 21 heteroatoms. The Hall–Kier alpha value is -7.16. The van der Waals surface area contributed by atoms with Crippen LogP contribution in [-0.4, -0.2) is 66.4 Å². The Kier molecular flexibility index (Phi) is 17.0.